The number of ether oxygens (including phenoxy) is 1. The summed E-state index contributed by atoms with van der Waals surface area (Å²) in [6.45, 7) is 0.840. The number of imide groups is 1. The normalized spacial score (nSPS) is 19.1. The maximum atomic E-state index is 13.4. The monoisotopic (exact) mass is 434 g/mol. The fraction of sp³-hybridized carbons (Fsp3) is 0.381. The molecular formula is C21H23ClN2O4S. The molecule has 1 aromatic carbocycles. The van der Waals surface area contributed by atoms with Gasteiger partial charge < -0.3 is 9.64 Å². The van der Waals surface area contributed by atoms with Crippen LogP contribution in [-0.4, -0.2) is 54.8 Å². The first kappa shape index (κ1) is 21.5. The van der Waals surface area contributed by atoms with Crippen LogP contribution < -0.4 is 0 Å². The average Bonchev–Trinajstić information content (AvgIpc) is 3.28. The summed E-state index contributed by atoms with van der Waals surface area (Å²) in [5.74, 6) is -0.931. The van der Waals surface area contributed by atoms with E-state index >= 15 is 0 Å². The Balaban J connectivity index is 1.92. The molecule has 1 aliphatic rings. The maximum Gasteiger partial charge on any atom is 0.241 e. The zero-order valence-corrected chi connectivity index (χ0v) is 18.0. The van der Waals surface area contributed by atoms with E-state index in [1.165, 1.54) is 12.0 Å². The Morgan fingerprint density at radius 2 is 2.03 bits per heavy atom. The van der Waals surface area contributed by atoms with Crippen LogP contribution in [0.3, 0.4) is 0 Å². The Bertz CT molecular complexity index is 902. The molecule has 3 rings (SSSR count). The summed E-state index contributed by atoms with van der Waals surface area (Å²) >= 11 is 7.97. The van der Waals surface area contributed by atoms with Crippen LogP contribution in [0.1, 0.15) is 23.3 Å². The quantitative estimate of drug-likeness (QED) is 0.599. The minimum Gasteiger partial charge on any atom is -0.383 e. The lowest BCUT2D eigenvalue weighted by atomic mass is 9.75. The second kappa shape index (κ2) is 9.07. The standard InChI is InChI=1S/C21H23ClN2O4S/c1-23(14-15-6-5-11-29-15)18(25)12-21(16-7-3-4-8-17(16)22)13-19(26)24(20(21)27)9-10-28-2/h3-8,11H,9-10,12-14H2,1-2H3/t21-/m0/s1. The van der Waals surface area contributed by atoms with Crippen molar-refractivity contribution in [3.05, 3.63) is 57.2 Å². The summed E-state index contributed by atoms with van der Waals surface area (Å²) in [5, 5.41) is 2.32. The van der Waals surface area contributed by atoms with Crippen molar-refractivity contribution < 1.29 is 19.1 Å². The fourth-order valence-corrected chi connectivity index (χ4v) is 4.69. The van der Waals surface area contributed by atoms with E-state index in [1.54, 1.807) is 47.5 Å². The third kappa shape index (κ3) is 4.37. The zero-order chi connectivity index (χ0) is 21.0. The second-order valence-electron chi connectivity index (χ2n) is 7.09. The Labute approximate surface area is 179 Å². The first-order valence-electron chi connectivity index (χ1n) is 9.24. The SMILES string of the molecule is COCCN1C(=O)C[C@@](CC(=O)N(C)Cc2cccs2)(c2ccccc2Cl)C1=O. The number of methoxy groups -OCH3 is 1. The molecule has 154 valence electrons. The van der Waals surface area contributed by atoms with Crippen LogP contribution in [0.5, 0.6) is 0 Å². The summed E-state index contributed by atoms with van der Waals surface area (Å²) in [4.78, 5) is 43.0. The number of amides is 3. The van der Waals surface area contributed by atoms with Crippen molar-refractivity contribution in [1.82, 2.24) is 9.80 Å². The fourth-order valence-electron chi connectivity index (χ4n) is 3.62. The number of nitrogens with zero attached hydrogens (tertiary/aromatic N) is 2. The first-order valence-corrected chi connectivity index (χ1v) is 10.5. The van der Waals surface area contributed by atoms with Crippen molar-refractivity contribution in [2.24, 2.45) is 0 Å². The Morgan fingerprint density at radius 1 is 1.28 bits per heavy atom. The molecule has 2 aromatic rings. The van der Waals surface area contributed by atoms with Crippen LogP contribution in [-0.2, 0) is 31.1 Å². The van der Waals surface area contributed by atoms with Gasteiger partial charge in [-0.25, -0.2) is 0 Å². The van der Waals surface area contributed by atoms with Gasteiger partial charge in [-0.2, -0.15) is 0 Å². The molecule has 8 heteroatoms. The van der Waals surface area contributed by atoms with Gasteiger partial charge in [0.25, 0.3) is 0 Å². The smallest absolute Gasteiger partial charge is 0.241 e. The number of hydrogen-bond acceptors (Lipinski definition) is 5. The van der Waals surface area contributed by atoms with Crippen molar-refractivity contribution in [1.29, 1.82) is 0 Å². The van der Waals surface area contributed by atoms with Gasteiger partial charge in [-0.05, 0) is 23.1 Å². The topological polar surface area (TPSA) is 66.9 Å². The van der Waals surface area contributed by atoms with Gasteiger partial charge in [-0.3, -0.25) is 19.3 Å². The number of rotatable bonds is 8. The van der Waals surface area contributed by atoms with Crippen molar-refractivity contribution >= 4 is 40.7 Å². The molecule has 3 amide bonds. The van der Waals surface area contributed by atoms with Crippen LogP contribution >= 0.6 is 22.9 Å². The summed E-state index contributed by atoms with van der Waals surface area (Å²) < 4.78 is 5.03. The molecule has 2 heterocycles. The van der Waals surface area contributed by atoms with Gasteiger partial charge in [0, 0.05) is 36.9 Å². The number of likely N-dealkylation sites (tertiary alicyclic amines) is 1. The molecule has 0 bridgehead atoms. The number of thiophene rings is 1. The molecule has 1 saturated heterocycles. The highest BCUT2D eigenvalue weighted by Gasteiger charge is 2.54. The largest absolute Gasteiger partial charge is 0.383 e. The molecule has 0 radical (unpaired) electrons. The molecular weight excluding hydrogens is 412 g/mol. The van der Waals surface area contributed by atoms with E-state index in [2.05, 4.69) is 0 Å². The molecule has 29 heavy (non-hydrogen) atoms. The minimum absolute atomic E-state index is 0.0855. The molecule has 1 fully saturated rings. The van der Waals surface area contributed by atoms with Crippen molar-refractivity contribution in [3.8, 4) is 0 Å². The predicted molar refractivity (Wildman–Crippen MR) is 112 cm³/mol. The van der Waals surface area contributed by atoms with Crippen molar-refractivity contribution in [3.63, 3.8) is 0 Å². The third-order valence-corrected chi connectivity index (χ3v) is 6.36. The van der Waals surface area contributed by atoms with E-state index in [9.17, 15) is 14.4 Å². The van der Waals surface area contributed by atoms with Crippen LogP contribution in [0, 0.1) is 0 Å². The lowest BCUT2D eigenvalue weighted by molar-refractivity contribution is -0.143. The molecule has 6 nitrogen and oxygen atoms in total. The van der Waals surface area contributed by atoms with Crippen LogP contribution in [0.4, 0.5) is 0 Å². The summed E-state index contributed by atoms with van der Waals surface area (Å²) in [7, 11) is 3.21. The molecule has 0 spiro atoms. The van der Waals surface area contributed by atoms with Gasteiger partial charge >= 0.3 is 0 Å². The molecule has 0 unspecified atom stereocenters. The number of carbonyl (C=O) groups is 3. The van der Waals surface area contributed by atoms with E-state index in [1.807, 2.05) is 17.5 Å². The van der Waals surface area contributed by atoms with Gasteiger partial charge in [0.1, 0.15) is 0 Å². The van der Waals surface area contributed by atoms with Gasteiger partial charge in [0.2, 0.25) is 17.7 Å². The van der Waals surface area contributed by atoms with Crippen LogP contribution in [0.2, 0.25) is 5.02 Å². The lowest BCUT2D eigenvalue weighted by Crippen LogP contribution is -2.43. The highest BCUT2D eigenvalue weighted by molar-refractivity contribution is 7.09. The highest BCUT2D eigenvalue weighted by atomic mass is 35.5. The number of benzene rings is 1. The van der Waals surface area contributed by atoms with Crippen molar-refractivity contribution in [2.75, 3.05) is 27.3 Å². The second-order valence-corrected chi connectivity index (χ2v) is 8.53. The predicted octanol–water partition coefficient (Wildman–Crippen LogP) is 3.09. The number of hydrogen-bond donors (Lipinski definition) is 0. The Kier molecular flexibility index (Phi) is 6.72. The lowest BCUT2D eigenvalue weighted by Gasteiger charge is -2.29. The molecule has 0 saturated carbocycles. The molecule has 1 aromatic heterocycles. The molecule has 1 atom stereocenters. The maximum absolute atomic E-state index is 13.4. The van der Waals surface area contributed by atoms with E-state index in [-0.39, 0.29) is 37.8 Å². The van der Waals surface area contributed by atoms with Gasteiger partial charge in [0.05, 0.1) is 25.1 Å². The Hall–Kier alpha value is -2.22. The average molecular weight is 435 g/mol. The van der Waals surface area contributed by atoms with Gasteiger partial charge in [0.15, 0.2) is 0 Å². The van der Waals surface area contributed by atoms with E-state index in [0.717, 1.165) is 4.88 Å². The number of halogens is 1. The molecule has 0 aliphatic carbocycles. The molecule has 0 N–H and O–H groups in total. The summed E-state index contributed by atoms with van der Waals surface area (Å²) in [6, 6.07) is 10.8. The summed E-state index contributed by atoms with van der Waals surface area (Å²) in [5.41, 5.74) is -0.790. The Morgan fingerprint density at radius 3 is 2.69 bits per heavy atom. The third-order valence-electron chi connectivity index (χ3n) is 5.17. The van der Waals surface area contributed by atoms with Crippen LogP contribution in [0.25, 0.3) is 0 Å². The highest BCUT2D eigenvalue weighted by Crippen LogP contribution is 2.43. The number of carbonyl (C=O) groups excluding carboxylic acids is 3. The van der Waals surface area contributed by atoms with Crippen molar-refractivity contribution in [2.45, 2.75) is 24.8 Å². The van der Waals surface area contributed by atoms with E-state index in [4.69, 9.17) is 16.3 Å². The van der Waals surface area contributed by atoms with Crippen LogP contribution in [0.15, 0.2) is 41.8 Å². The van der Waals surface area contributed by atoms with E-state index < -0.39 is 11.3 Å². The minimum atomic E-state index is -1.30. The zero-order valence-electron chi connectivity index (χ0n) is 16.4. The summed E-state index contributed by atoms with van der Waals surface area (Å²) in [6.07, 6.45) is -0.204. The first-order chi connectivity index (χ1) is 13.9. The molecule has 1 aliphatic heterocycles. The van der Waals surface area contributed by atoms with E-state index in [0.29, 0.717) is 17.1 Å². The van der Waals surface area contributed by atoms with Gasteiger partial charge in [-0.1, -0.05) is 35.9 Å². The van der Waals surface area contributed by atoms with Gasteiger partial charge in [-0.15, -0.1) is 11.3 Å².